The third-order valence-electron chi connectivity index (χ3n) is 3.41. The maximum atomic E-state index is 11.6. The zero-order valence-electron chi connectivity index (χ0n) is 11.4. The maximum Gasteiger partial charge on any atom is 0.233 e. The molecule has 0 spiro atoms. The molecule has 1 aliphatic carbocycles. The molecule has 1 aromatic heterocycles. The molecule has 0 atom stereocenters. The summed E-state index contributed by atoms with van der Waals surface area (Å²) in [6, 6.07) is 8.13. The minimum atomic E-state index is 0.0757. The van der Waals surface area contributed by atoms with Gasteiger partial charge in [-0.3, -0.25) is 4.79 Å². The van der Waals surface area contributed by atoms with Gasteiger partial charge in [0.1, 0.15) is 0 Å². The van der Waals surface area contributed by atoms with Gasteiger partial charge in [0, 0.05) is 13.0 Å². The minimum absolute atomic E-state index is 0.0757. The number of aromatic nitrogens is 1. The summed E-state index contributed by atoms with van der Waals surface area (Å²) < 4.78 is 1.21. The van der Waals surface area contributed by atoms with Gasteiger partial charge in [0.2, 0.25) is 5.91 Å². The van der Waals surface area contributed by atoms with Crippen LogP contribution in [0.25, 0.3) is 10.2 Å². The summed E-state index contributed by atoms with van der Waals surface area (Å²) in [4.78, 5) is 16.2. The quantitative estimate of drug-likeness (QED) is 0.819. The van der Waals surface area contributed by atoms with Crippen molar-refractivity contribution in [3.8, 4) is 0 Å². The Labute approximate surface area is 122 Å². The van der Waals surface area contributed by atoms with Crippen molar-refractivity contribution in [1.82, 2.24) is 15.6 Å². The number of carbonyl (C=O) groups is 1. The molecule has 2 aromatic rings. The number of para-hydroxylation sites is 1. The first-order valence-corrected chi connectivity index (χ1v) is 7.95. The molecule has 0 saturated heterocycles. The average Bonchev–Trinajstić information content (AvgIpc) is 3.17. The molecule has 1 aromatic carbocycles. The lowest BCUT2D eigenvalue weighted by Crippen LogP contribution is -2.35. The third-order valence-corrected chi connectivity index (χ3v) is 4.51. The molecule has 1 heterocycles. The van der Waals surface area contributed by atoms with Crippen LogP contribution < -0.4 is 10.6 Å². The predicted octanol–water partition coefficient (Wildman–Crippen LogP) is 1.95. The smallest absolute Gasteiger partial charge is 0.233 e. The lowest BCUT2D eigenvalue weighted by Gasteiger charge is -2.05. The third kappa shape index (κ3) is 3.77. The number of rotatable bonds is 7. The fraction of sp³-hybridized carbons (Fsp3) is 0.467. The Kier molecular flexibility index (Phi) is 4.28. The highest BCUT2D eigenvalue weighted by Crippen LogP contribution is 2.27. The first-order chi connectivity index (χ1) is 9.81. The van der Waals surface area contributed by atoms with Crippen LogP contribution in [0.4, 0.5) is 0 Å². The van der Waals surface area contributed by atoms with Crippen molar-refractivity contribution in [1.29, 1.82) is 0 Å². The number of hydrogen-bond donors (Lipinski definition) is 2. The molecule has 3 rings (SSSR count). The molecule has 0 aliphatic heterocycles. The van der Waals surface area contributed by atoms with Gasteiger partial charge in [0.05, 0.1) is 21.8 Å². The molecule has 106 valence electrons. The number of amides is 1. The van der Waals surface area contributed by atoms with E-state index in [1.54, 1.807) is 11.3 Å². The summed E-state index contributed by atoms with van der Waals surface area (Å²) in [7, 11) is 0. The van der Waals surface area contributed by atoms with Crippen LogP contribution in [0.15, 0.2) is 24.3 Å². The number of thiazole rings is 1. The Hall–Kier alpha value is -1.46. The molecule has 5 heteroatoms. The molecular weight excluding hydrogens is 270 g/mol. The summed E-state index contributed by atoms with van der Waals surface area (Å²) >= 11 is 1.70. The predicted molar refractivity (Wildman–Crippen MR) is 81.9 cm³/mol. The van der Waals surface area contributed by atoms with Gasteiger partial charge >= 0.3 is 0 Å². The number of benzene rings is 1. The molecule has 0 radical (unpaired) electrons. The van der Waals surface area contributed by atoms with Crippen LogP contribution in [0, 0.1) is 5.92 Å². The van der Waals surface area contributed by atoms with E-state index in [0.29, 0.717) is 13.1 Å². The van der Waals surface area contributed by atoms with Crippen LogP contribution in [0.1, 0.15) is 17.8 Å². The van der Waals surface area contributed by atoms with Crippen molar-refractivity contribution >= 4 is 27.5 Å². The molecule has 1 fully saturated rings. The Morgan fingerprint density at radius 3 is 3.00 bits per heavy atom. The monoisotopic (exact) mass is 289 g/mol. The normalized spacial score (nSPS) is 14.6. The van der Waals surface area contributed by atoms with Gasteiger partial charge in [-0.2, -0.15) is 0 Å². The molecule has 0 bridgehead atoms. The molecule has 1 aliphatic rings. The molecule has 20 heavy (non-hydrogen) atoms. The number of carbonyl (C=O) groups excluding carboxylic acids is 1. The summed E-state index contributed by atoms with van der Waals surface area (Å²) in [5.74, 6) is 0.886. The van der Waals surface area contributed by atoms with Crippen LogP contribution in [0.3, 0.4) is 0 Å². The van der Waals surface area contributed by atoms with Crippen LogP contribution in [-0.4, -0.2) is 30.5 Å². The van der Waals surface area contributed by atoms with Crippen LogP contribution in [0.2, 0.25) is 0 Å². The van der Waals surface area contributed by atoms with Gasteiger partial charge in [-0.25, -0.2) is 4.98 Å². The molecule has 1 amide bonds. The standard InChI is InChI=1S/C15H19N3OS/c19-14(10-16-9-11-5-6-11)17-8-7-15-18-12-3-1-2-4-13(12)20-15/h1-4,11,16H,5-10H2,(H,17,19). The fourth-order valence-corrected chi connectivity index (χ4v) is 3.08. The van der Waals surface area contributed by atoms with Gasteiger partial charge in [-0.1, -0.05) is 12.1 Å². The average molecular weight is 289 g/mol. The van der Waals surface area contributed by atoms with E-state index < -0.39 is 0 Å². The number of hydrogen-bond acceptors (Lipinski definition) is 4. The van der Waals surface area contributed by atoms with Crippen molar-refractivity contribution in [3.05, 3.63) is 29.3 Å². The first-order valence-electron chi connectivity index (χ1n) is 7.13. The number of fused-ring (bicyclic) bond motifs is 1. The molecule has 4 nitrogen and oxygen atoms in total. The van der Waals surface area contributed by atoms with Crippen molar-refractivity contribution in [2.45, 2.75) is 19.3 Å². The number of nitrogens with one attached hydrogen (secondary N) is 2. The van der Waals surface area contributed by atoms with Gasteiger partial charge in [0.25, 0.3) is 0 Å². The molecule has 2 N–H and O–H groups in total. The van der Waals surface area contributed by atoms with Crippen molar-refractivity contribution in [3.63, 3.8) is 0 Å². The summed E-state index contributed by atoms with van der Waals surface area (Å²) in [6.07, 6.45) is 3.42. The van der Waals surface area contributed by atoms with Crippen LogP contribution in [0.5, 0.6) is 0 Å². The largest absolute Gasteiger partial charge is 0.355 e. The van der Waals surface area contributed by atoms with E-state index in [1.165, 1.54) is 17.5 Å². The van der Waals surface area contributed by atoms with E-state index in [0.717, 1.165) is 29.4 Å². The SMILES string of the molecule is O=C(CNCC1CC1)NCCc1nc2ccccc2s1. The second kappa shape index (κ2) is 6.33. The highest BCUT2D eigenvalue weighted by Gasteiger charge is 2.20. The Morgan fingerprint density at radius 1 is 1.35 bits per heavy atom. The van der Waals surface area contributed by atoms with E-state index in [9.17, 15) is 4.79 Å². The van der Waals surface area contributed by atoms with Gasteiger partial charge in [0.15, 0.2) is 0 Å². The van der Waals surface area contributed by atoms with Gasteiger partial charge in [-0.15, -0.1) is 11.3 Å². The highest BCUT2D eigenvalue weighted by molar-refractivity contribution is 7.18. The Bertz CT molecular complexity index is 559. The molecule has 1 saturated carbocycles. The van der Waals surface area contributed by atoms with E-state index >= 15 is 0 Å². The van der Waals surface area contributed by atoms with E-state index in [-0.39, 0.29) is 5.91 Å². The van der Waals surface area contributed by atoms with Gasteiger partial charge in [-0.05, 0) is 37.4 Å². The summed E-state index contributed by atoms with van der Waals surface area (Å²) in [5, 5.41) is 7.21. The summed E-state index contributed by atoms with van der Waals surface area (Å²) in [5.41, 5.74) is 1.05. The van der Waals surface area contributed by atoms with Gasteiger partial charge < -0.3 is 10.6 Å². The molecular formula is C15H19N3OS. The Balaban J connectivity index is 1.38. The molecule has 0 unspecified atom stereocenters. The minimum Gasteiger partial charge on any atom is -0.355 e. The van der Waals surface area contributed by atoms with E-state index in [2.05, 4.69) is 21.7 Å². The lowest BCUT2D eigenvalue weighted by atomic mass is 10.3. The zero-order chi connectivity index (χ0) is 13.8. The van der Waals surface area contributed by atoms with Crippen molar-refractivity contribution < 1.29 is 4.79 Å². The van der Waals surface area contributed by atoms with E-state index in [4.69, 9.17) is 0 Å². The highest BCUT2D eigenvalue weighted by atomic mass is 32.1. The lowest BCUT2D eigenvalue weighted by molar-refractivity contribution is -0.120. The van der Waals surface area contributed by atoms with Crippen LogP contribution in [-0.2, 0) is 11.2 Å². The summed E-state index contributed by atoms with van der Waals surface area (Å²) in [6.45, 7) is 2.06. The number of nitrogens with zero attached hydrogens (tertiary/aromatic N) is 1. The Morgan fingerprint density at radius 2 is 2.20 bits per heavy atom. The zero-order valence-corrected chi connectivity index (χ0v) is 12.2. The topological polar surface area (TPSA) is 54.0 Å². The fourth-order valence-electron chi connectivity index (χ4n) is 2.11. The van der Waals surface area contributed by atoms with E-state index in [1.807, 2.05) is 18.2 Å². The maximum absolute atomic E-state index is 11.6. The van der Waals surface area contributed by atoms with Crippen molar-refractivity contribution in [2.24, 2.45) is 5.92 Å². The second-order valence-corrected chi connectivity index (χ2v) is 6.36. The second-order valence-electron chi connectivity index (χ2n) is 5.25. The first kappa shape index (κ1) is 13.5. The van der Waals surface area contributed by atoms with Crippen LogP contribution >= 0.6 is 11.3 Å². The van der Waals surface area contributed by atoms with Crippen molar-refractivity contribution in [2.75, 3.05) is 19.6 Å².